The Balaban J connectivity index is 1.89. The first-order chi connectivity index (χ1) is 6.20. The summed E-state index contributed by atoms with van der Waals surface area (Å²) in [5.74, 6) is -1.85. The fourth-order valence-corrected chi connectivity index (χ4v) is 1.55. The smallest absolute Gasteiger partial charge is 0.307 e. The second-order valence-electron chi connectivity index (χ2n) is 3.41. The van der Waals surface area contributed by atoms with Crippen molar-refractivity contribution in [1.82, 2.24) is 5.06 Å². The summed E-state index contributed by atoms with van der Waals surface area (Å²) in [7, 11) is 0. The molecule has 0 aromatic heterocycles. The van der Waals surface area contributed by atoms with E-state index < -0.39 is 11.9 Å². The van der Waals surface area contributed by atoms with Crippen LogP contribution < -0.4 is 0 Å². The van der Waals surface area contributed by atoms with E-state index in [1.54, 1.807) is 0 Å². The zero-order chi connectivity index (χ0) is 9.42. The number of hydrogen-bond acceptors (Lipinski definition) is 3. The fraction of sp³-hybridized carbons (Fsp3) is 0.750. The number of carboxylic acid groups (broad SMARTS) is 1. The molecular formula is C8H11NO4. The van der Waals surface area contributed by atoms with Crippen LogP contribution in [0, 0.1) is 11.8 Å². The van der Waals surface area contributed by atoms with Crippen LogP contribution in [0.2, 0.25) is 0 Å². The number of carbonyl (C=O) groups excluding carboxylic acids is 1. The SMILES string of the molecule is O=C(O)[C@H]1C[C@H]1C(=O)N1CCCO1. The quantitative estimate of drug-likeness (QED) is 0.650. The monoisotopic (exact) mass is 185 g/mol. The van der Waals surface area contributed by atoms with Crippen molar-refractivity contribution in [2.75, 3.05) is 13.2 Å². The number of hydroxylamine groups is 2. The molecule has 1 amide bonds. The van der Waals surface area contributed by atoms with Crippen molar-refractivity contribution in [3.63, 3.8) is 0 Å². The molecule has 1 aliphatic heterocycles. The van der Waals surface area contributed by atoms with Gasteiger partial charge >= 0.3 is 5.97 Å². The zero-order valence-electron chi connectivity index (χ0n) is 7.10. The molecule has 1 N–H and O–H groups in total. The van der Waals surface area contributed by atoms with Gasteiger partial charge in [-0.3, -0.25) is 14.4 Å². The summed E-state index contributed by atoms with van der Waals surface area (Å²) in [6.07, 6.45) is 1.31. The molecule has 1 saturated heterocycles. The van der Waals surface area contributed by atoms with Gasteiger partial charge in [-0.15, -0.1) is 0 Å². The van der Waals surface area contributed by atoms with E-state index in [1.165, 1.54) is 5.06 Å². The van der Waals surface area contributed by atoms with Crippen LogP contribution in [0.3, 0.4) is 0 Å². The van der Waals surface area contributed by atoms with Crippen molar-refractivity contribution in [2.45, 2.75) is 12.8 Å². The van der Waals surface area contributed by atoms with Crippen LogP contribution in [0.15, 0.2) is 0 Å². The Kier molecular flexibility index (Phi) is 1.95. The Hall–Kier alpha value is -1.10. The van der Waals surface area contributed by atoms with Gasteiger partial charge in [-0.2, -0.15) is 0 Å². The molecule has 0 spiro atoms. The van der Waals surface area contributed by atoms with Gasteiger partial charge in [0.25, 0.3) is 0 Å². The van der Waals surface area contributed by atoms with E-state index in [9.17, 15) is 9.59 Å². The maximum Gasteiger partial charge on any atom is 0.307 e. The molecule has 1 aliphatic carbocycles. The van der Waals surface area contributed by atoms with E-state index in [0.29, 0.717) is 19.6 Å². The number of nitrogens with zero attached hydrogens (tertiary/aromatic N) is 1. The average molecular weight is 185 g/mol. The first kappa shape index (κ1) is 8.50. The first-order valence-electron chi connectivity index (χ1n) is 4.37. The lowest BCUT2D eigenvalue weighted by Gasteiger charge is -2.12. The standard InChI is InChI=1S/C8H11NO4/c10-7(9-2-1-3-13-9)5-4-6(5)8(11)12/h5-6H,1-4H2,(H,11,12)/t5-,6+/m1/s1. The van der Waals surface area contributed by atoms with Crippen molar-refractivity contribution in [3.05, 3.63) is 0 Å². The van der Waals surface area contributed by atoms with Gasteiger partial charge in [-0.05, 0) is 12.8 Å². The van der Waals surface area contributed by atoms with Gasteiger partial charge in [0.1, 0.15) is 0 Å². The molecule has 5 heteroatoms. The summed E-state index contributed by atoms with van der Waals surface area (Å²) >= 11 is 0. The predicted molar refractivity (Wildman–Crippen MR) is 41.5 cm³/mol. The van der Waals surface area contributed by atoms with Crippen LogP contribution >= 0.6 is 0 Å². The van der Waals surface area contributed by atoms with Crippen LogP contribution in [0.5, 0.6) is 0 Å². The van der Waals surface area contributed by atoms with E-state index in [1.807, 2.05) is 0 Å². The van der Waals surface area contributed by atoms with E-state index in [4.69, 9.17) is 9.94 Å². The molecule has 0 aromatic carbocycles. The Morgan fingerprint density at radius 3 is 2.62 bits per heavy atom. The highest BCUT2D eigenvalue weighted by molar-refractivity contribution is 5.89. The van der Waals surface area contributed by atoms with Crippen molar-refractivity contribution in [3.8, 4) is 0 Å². The van der Waals surface area contributed by atoms with Gasteiger partial charge in [0.05, 0.1) is 25.0 Å². The lowest BCUT2D eigenvalue weighted by molar-refractivity contribution is -0.171. The molecule has 0 bridgehead atoms. The molecule has 0 unspecified atom stereocenters. The number of carboxylic acids is 1. The van der Waals surface area contributed by atoms with Crippen molar-refractivity contribution < 1.29 is 19.5 Å². The largest absolute Gasteiger partial charge is 0.481 e. The van der Waals surface area contributed by atoms with E-state index in [-0.39, 0.29) is 11.8 Å². The topological polar surface area (TPSA) is 66.8 Å². The molecule has 2 aliphatic rings. The number of rotatable bonds is 2. The van der Waals surface area contributed by atoms with Crippen molar-refractivity contribution >= 4 is 11.9 Å². The van der Waals surface area contributed by atoms with Gasteiger partial charge < -0.3 is 5.11 Å². The Bertz CT molecular complexity index is 247. The second kappa shape index (κ2) is 2.99. The third kappa shape index (κ3) is 1.51. The van der Waals surface area contributed by atoms with Crippen molar-refractivity contribution in [2.24, 2.45) is 11.8 Å². The molecule has 72 valence electrons. The number of aliphatic carboxylic acids is 1. The summed E-state index contributed by atoms with van der Waals surface area (Å²) in [5.41, 5.74) is 0. The first-order valence-corrected chi connectivity index (χ1v) is 4.37. The number of carbonyl (C=O) groups is 2. The zero-order valence-corrected chi connectivity index (χ0v) is 7.10. The third-order valence-corrected chi connectivity index (χ3v) is 2.42. The van der Waals surface area contributed by atoms with Gasteiger partial charge in [-0.25, -0.2) is 5.06 Å². The number of amides is 1. The van der Waals surface area contributed by atoms with Crippen LogP contribution in [-0.4, -0.2) is 35.2 Å². The predicted octanol–water partition coefficient (Wildman–Crippen LogP) is -0.129. The van der Waals surface area contributed by atoms with Crippen molar-refractivity contribution in [1.29, 1.82) is 0 Å². The van der Waals surface area contributed by atoms with Crippen LogP contribution in [0.4, 0.5) is 0 Å². The van der Waals surface area contributed by atoms with Gasteiger partial charge in [0.15, 0.2) is 0 Å². The summed E-state index contributed by atoms with van der Waals surface area (Å²) in [4.78, 5) is 27.0. The average Bonchev–Trinajstić information content (AvgIpc) is 2.72. The van der Waals surface area contributed by atoms with Gasteiger partial charge in [0, 0.05) is 0 Å². The highest BCUT2D eigenvalue weighted by atomic mass is 16.7. The van der Waals surface area contributed by atoms with Crippen LogP contribution in [0.25, 0.3) is 0 Å². The molecule has 2 atom stereocenters. The highest BCUT2D eigenvalue weighted by Gasteiger charge is 2.50. The normalized spacial score (nSPS) is 31.8. The summed E-state index contributed by atoms with van der Waals surface area (Å²) in [6, 6.07) is 0. The Labute approximate surface area is 75.2 Å². The number of hydrogen-bond donors (Lipinski definition) is 1. The highest BCUT2D eigenvalue weighted by Crippen LogP contribution is 2.40. The maximum absolute atomic E-state index is 11.5. The van der Waals surface area contributed by atoms with E-state index in [0.717, 1.165) is 6.42 Å². The van der Waals surface area contributed by atoms with Crippen LogP contribution in [-0.2, 0) is 14.4 Å². The van der Waals surface area contributed by atoms with E-state index in [2.05, 4.69) is 0 Å². The van der Waals surface area contributed by atoms with Crippen LogP contribution in [0.1, 0.15) is 12.8 Å². The fourth-order valence-electron chi connectivity index (χ4n) is 1.55. The maximum atomic E-state index is 11.5. The molecule has 0 aromatic rings. The summed E-state index contributed by atoms with van der Waals surface area (Å²) in [5, 5.41) is 9.90. The summed E-state index contributed by atoms with van der Waals surface area (Å²) < 4.78 is 0. The molecule has 2 rings (SSSR count). The lowest BCUT2D eigenvalue weighted by atomic mass is 10.3. The molecule has 1 saturated carbocycles. The minimum Gasteiger partial charge on any atom is -0.481 e. The van der Waals surface area contributed by atoms with Gasteiger partial charge in [0.2, 0.25) is 5.91 Å². The second-order valence-corrected chi connectivity index (χ2v) is 3.41. The minimum absolute atomic E-state index is 0.162. The Morgan fingerprint density at radius 1 is 1.38 bits per heavy atom. The Morgan fingerprint density at radius 2 is 2.15 bits per heavy atom. The lowest BCUT2D eigenvalue weighted by Crippen LogP contribution is -2.29. The minimum atomic E-state index is -0.877. The third-order valence-electron chi connectivity index (χ3n) is 2.42. The molecule has 5 nitrogen and oxygen atoms in total. The molecule has 0 radical (unpaired) electrons. The van der Waals surface area contributed by atoms with E-state index >= 15 is 0 Å². The summed E-state index contributed by atoms with van der Waals surface area (Å²) in [6.45, 7) is 1.16. The molecular weight excluding hydrogens is 174 g/mol. The molecule has 2 fully saturated rings. The molecule has 13 heavy (non-hydrogen) atoms. The van der Waals surface area contributed by atoms with Gasteiger partial charge in [-0.1, -0.05) is 0 Å². The molecule has 1 heterocycles.